The Kier molecular flexibility index (Phi) is 9.10. The number of alkyl halides is 2. The molecule has 9 nitrogen and oxygen atoms in total. The molecule has 0 aliphatic heterocycles. The normalized spacial score (nSPS) is 13.3. The van der Waals surface area contributed by atoms with Crippen molar-refractivity contribution in [1.29, 1.82) is 0 Å². The Balaban J connectivity index is 1.68. The molecule has 12 heteroatoms. The molecule has 0 radical (unpaired) electrons. The Morgan fingerprint density at radius 2 is 1.88 bits per heavy atom. The molecule has 0 amide bonds. The van der Waals surface area contributed by atoms with Crippen LogP contribution < -0.4 is 10.1 Å². The topological polar surface area (TPSA) is 119 Å². The summed E-state index contributed by atoms with van der Waals surface area (Å²) in [5.74, 6) is 0.361. The molecule has 0 aliphatic rings. The number of aliphatic hydroxyl groups is 1. The van der Waals surface area contributed by atoms with Crippen LogP contribution in [0.25, 0.3) is 11.0 Å². The minimum atomic E-state index is -4.68. The molecule has 1 aromatic carbocycles. The summed E-state index contributed by atoms with van der Waals surface area (Å²) in [6, 6.07) is 8.54. The van der Waals surface area contributed by atoms with Gasteiger partial charge in [-0.25, -0.2) is 4.98 Å². The molecule has 0 aliphatic carbocycles. The third-order valence-corrected chi connectivity index (χ3v) is 7.20. The average Bonchev–Trinajstić information content (AvgIpc) is 3.25. The van der Waals surface area contributed by atoms with Crippen LogP contribution in [0.5, 0.6) is 5.88 Å². The number of H-pyrrole nitrogens is 1. The standard InChI is InChI=1S/C22H29F2N4O5P/c1-3-32-34(30,33-4-2)22(23,24)10-18(13-29)25-11-17-12-26-20-19(17)27-15-28-21(20)31-14-16-8-6-5-7-9-16/h5-9,12,15,18,25-26,29H,3-4,10-11,13-14H2,1-2H3/t18-/m0/s1. The fourth-order valence-corrected chi connectivity index (χ4v) is 4.95. The number of ether oxygens (including phenoxy) is 1. The van der Waals surface area contributed by atoms with E-state index in [-0.39, 0.29) is 19.8 Å². The van der Waals surface area contributed by atoms with Crippen molar-refractivity contribution in [1.82, 2.24) is 20.3 Å². The van der Waals surface area contributed by atoms with E-state index in [2.05, 4.69) is 20.3 Å². The molecule has 0 fully saturated rings. The highest BCUT2D eigenvalue weighted by molar-refractivity contribution is 7.55. The van der Waals surface area contributed by atoms with E-state index < -0.39 is 32.3 Å². The van der Waals surface area contributed by atoms with E-state index in [0.717, 1.165) is 5.56 Å². The number of aromatic amines is 1. The Labute approximate surface area is 196 Å². The quantitative estimate of drug-likeness (QED) is 0.283. The van der Waals surface area contributed by atoms with Crippen molar-refractivity contribution < 1.29 is 32.2 Å². The van der Waals surface area contributed by atoms with Crippen molar-refractivity contribution in [3.63, 3.8) is 0 Å². The van der Waals surface area contributed by atoms with E-state index in [0.29, 0.717) is 29.1 Å². The Hall–Kier alpha value is -2.43. The van der Waals surface area contributed by atoms with Gasteiger partial charge in [0.1, 0.15) is 18.5 Å². The van der Waals surface area contributed by atoms with Crippen LogP contribution in [0.15, 0.2) is 42.9 Å². The molecule has 2 heterocycles. The summed E-state index contributed by atoms with van der Waals surface area (Å²) in [7, 11) is -4.68. The Bertz CT molecular complexity index is 1090. The van der Waals surface area contributed by atoms with Crippen LogP contribution in [-0.2, 0) is 26.8 Å². The summed E-state index contributed by atoms with van der Waals surface area (Å²) >= 11 is 0. The van der Waals surface area contributed by atoms with Crippen LogP contribution in [0, 0.1) is 0 Å². The second kappa shape index (κ2) is 11.8. The number of fused-ring (bicyclic) bond motifs is 1. The van der Waals surface area contributed by atoms with Gasteiger partial charge in [0.2, 0.25) is 5.88 Å². The molecular weight excluding hydrogens is 469 g/mol. The zero-order valence-electron chi connectivity index (χ0n) is 19.0. The van der Waals surface area contributed by atoms with Crippen molar-refractivity contribution in [3.05, 3.63) is 54.0 Å². The highest BCUT2D eigenvalue weighted by Crippen LogP contribution is 2.63. The van der Waals surface area contributed by atoms with Gasteiger partial charge in [-0.1, -0.05) is 30.3 Å². The van der Waals surface area contributed by atoms with E-state index in [9.17, 15) is 18.5 Å². The highest BCUT2D eigenvalue weighted by Gasteiger charge is 2.54. The van der Waals surface area contributed by atoms with Crippen LogP contribution >= 0.6 is 7.60 Å². The van der Waals surface area contributed by atoms with Gasteiger partial charge < -0.3 is 29.2 Å². The van der Waals surface area contributed by atoms with Crippen LogP contribution in [0.4, 0.5) is 8.78 Å². The first kappa shape index (κ1) is 26.2. The highest BCUT2D eigenvalue weighted by atomic mass is 31.2. The molecule has 0 saturated heterocycles. The first-order chi connectivity index (χ1) is 16.3. The maximum Gasteiger partial charge on any atom is 0.399 e. The fourth-order valence-electron chi connectivity index (χ4n) is 3.37. The van der Waals surface area contributed by atoms with Crippen molar-refractivity contribution in [2.24, 2.45) is 0 Å². The summed E-state index contributed by atoms with van der Waals surface area (Å²) in [5, 5.41) is 12.5. The fraction of sp³-hybridized carbons (Fsp3) is 0.455. The molecule has 3 N–H and O–H groups in total. The molecule has 3 aromatic rings. The molecule has 0 bridgehead atoms. The molecule has 1 atom stereocenters. The van der Waals surface area contributed by atoms with Gasteiger partial charge in [0, 0.05) is 30.8 Å². The van der Waals surface area contributed by atoms with Crippen LogP contribution in [0.1, 0.15) is 31.4 Å². The lowest BCUT2D eigenvalue weighted by molar-refractivity contribution is 0.0166. The third-order valence-electron chi connectivity index (χ3n) is 5.02. The number of aromatic nitrogens is 3. The molecule has 34 heavy (non-hydrogen) atoms. The Morgan fingerprint density at radius 3 is 2.53 bits per heavy atom. The zero-order valence-corrected chi connectivity index (χ0v) is 19.9. The van der Waals surface area contributed by atoms with Gasteiger partial charge in [0.25, 0.3) is 0 Å². The predicted octanol–water partition coefficient (Wildman–Crippen LogP) is 4.24. The van der Waals surface area contributed by atoms with E-state index in [1.165, 1.54) is 20.2 Å². The predicted molar refractivity (Wildman–Crippen MR) is 123 cm³/mol. The number of halogens is 2. The SMILES string of the molecule is CCOP(=O)(OCC)C(F)(F)C[C@@H](CO)NCc1c[nH]c2c(OCc3ccccc3)ncnc12. The second-order valence-corrected chi connectivity index (χ2v) is 9.62. The van der Waals surface area contributed by atoms with Crippen molar-refractivity contribution in [3.8, 4) is 5.88 Å². The molecule has 2 aromatic heterocycles. The lowest BCUT2D eigenvalue weighted by Gasteiger charge is -2.28. The van der Waals surface area contributed by atoms with Gasteiger partial charge in [-0.15, -0.1) is 0 Å². The van der Waals surface area contributed by atoms with Gasteiger partial charge in [-0.3, -0.25) is 4.57 Å². The first-order valence-corrected chi connectivity index (χ1v) is 12.5. The largest absolute Gasteiger partial charge is 0.471 e. The van der Waals surface area contributed by atoms with Crippen LogP contribution in [0.2, 0.25) is 0 Å². The van der Waals surface area contributed by atoms with Gasteiger partial charge in [-0.05, 0) is 19.4 Å². The summed E-state index contributed by atoms with van der Waals surface area (Å²) in [5.41, 5.74) is -1.01. The molecule has 3 rings (SSSR count). The monoisotopic (exact) mass is 498 g/mol. The number of aliphatic hydroxyl groups excluding tert-OH is 1. The molecule has 0 unspecified atom stereocenters. The Morgan fingerprint density at radius 1 is 1.18 bits per heavy atom. The molecule has 186 valence electrons. The molecule has 0 spiro atoms. The van der Waals surface area contributed by atoms with E-state index in [1.807, 2.05) is 30.3 Å². The number of nitrogens with zero attached hydrogens (tertiary/aromatic N) is 2. The van der Waals surface area contributed by atoms with Crippen molar-refractivity contribution >= 4 is 18.6 Å². The van der Waals surface area contributed by atoms with Gasteiger partial charge in [0.05, 0.1) is 25.3 Å². The summed E-state index contributed by atoms with van der Waals surface area (Å²) in [6.07, 6.45) is 2.10. The average molecular weight is 498 g/mol. The number of nitrogens with one attached hydrogen (secondary N) is 2. The molecular formula is C22H29F2N4O5P. The first-order valence-electron chi connectivity index (χ1n) is 10.9. The van der Waals surface area contributed by atoms with E-state index in [1.54, 1.807) is 6.20 Å². The number of benzene rings is 1. The number of hydrogen-bond donors (Lipinski definition) is 3. The van der Waals surface area contributed by atoms with Crippen LogP contribution in [-0.4, -0.2) is 51.6 Å². The van der Waals surface area contributed by atoms with Crippen molar-refractivity contribution in [2.45, 2.75) is 45.1 Å². The maximum atomic E-state index is 14.8. The summed E-state index contributed by atoms with van der Waals surface area (Å²) in [4.78, 5) is 11.5. The zero-order chi connectivity index (χ0) is 24.6. The minimum absolute atomic E-state index is 0.115. The lowest BCUT2D eigenvalue weighted by atomic mass is 10.2. The van der Waals surface area contributed by atoms with E-state index in [4.69, 9.17) is 13.8 Å². The molecule has 0 saturated carbocycles. The smallest absolute Gasteiger partial charge is 0.399 e. The number of hydrogen-bond acceptors (Lipinski definition) is 8. The van der Waals surface area contributed by atoms with Crippen molar-refractivity contribution in [2.75, 3.05) is 19.8 Å². The maximum absolute atomic E-state index is 14.8. The van der Waals surface area contributed by atoms with E-state index >= 15 is 0 Å². The van der Waals surface area contributed by atoms with Gasteiger partial charge in [-0.2, -0.15) is 13.8 Å². The third kappa shape index (κ3) is 6.17. The second-order valence-electron chi connectivity index (χ2n) is 7.45. The van der Waals surface area contributed by atoms with Gasteiger partial charge >= 0.3 is 13.3 Å². The van der Waals surface area contributed by atoms with Crippen LogP contribution in [0.3, 0.4) is 0 Å². The number of rotatable bonds is 14. The summed E-state index contributed by atoms with van der Waals surface area (Å²) in [6.45, 7) is 2.38. The summed E-state index contributed by atoms with van der Waals surface area (Å²) < 4.78 is 57.5. The van der Waals surface area contributed by atoms with Gasteiger partial charge in [0.15, 0.2) is 0 Å². The minimum Gasteiger partial charge on any atom is -0.471 e. The lowest BCUT2D eigenvalue weighted by Crippen LogP contribution is -2.38.